The van der Waals surface area contributed by atoms with Gasteiger partial charge in [-0.15, -0.1) is 0 Å². The van der Waals surface area contributed by atoms with Crippen molar-refractivity contribution in [2.75, 3.05) is 19.8 Å². The van der Waals surface area contributed by atoms with E-state index in [0.717, 1.165) is 57.6 Å². The molecule has 8 heteroatoms. The van der Waals surface area contributed by atoms with E-state index in [1.165, 1.54) is 0 Å². The van der Waals surface area contributed by atoms with Crippen LogP contribution in [-0.4, -0.2) is 47.6 Å². The zero-order chi connectivity index (χ0) is 19.7. The molecule has 2 atom stereocenters. The molecule has 2 fully saturated rings. The fourth-order valence-corrected chi connectivity index (χ4v) is 4.58. The average molecular weight is 397 g/mol. The molecule has 1 saturated heterocycles. The van der Waals surface area contributed by atoms with Crippen LogP contribution in [0.3, 0.4) is 0 Å². The topological polar surface area (TPSA) is 54.5 Å². The van der Waals surface area contributed by atoms with Gasteiger partial charge in [-0.3, -0.25) is 9.78 Å². The fraction of sp³-hybridized carbons (Fsp3) is 0.700. The van der Waals surface area contributed by atoms with Crippen LogP contribution in [0.1, 0.15) is 48.9 Å². The van der Waals surface area contributed by atoms with Crippen molar-refractivity contribution >= 4 is 5.91 Å². The Kier molecular flexibility index (Phi) is 5.60. The van der Waals surface area contributed by atoms with Crippen LogP contribution < -0.4 is 5.32 Å². The van der Waals surface area contributed by atoms with E-state index in [9.17, 15) is 18.0 Å². The highest BCUT2D eigenvalue weighted by Crippen LogP contribution is 2.33. The Morgan fingerprint density at radius 1 is 1.18 bits per heavy atom. The number of aromatic nitrogens is 1. The number of ether oxygens (including phenoxy) is 1. The minimum Gasteiger partial charge on any atom is -0.381 e. The first-order chi connectivity index (χ1) is 13.4. The molecule has 4 rings (SSSR count). The van der Waals surface area contributed by atoms with Gasteiger partial charge in [-0.05, 0) is 43.7 Å². The quantitative estimate of drug-likeness (QED) is 0.852. The number of pyridine rings is 1. The molecule has 1 aromatic rings. The smallest absolute Gasteiger partial charge is 0.381 e. The summed E-state index contributed by atoms with van der Waals surface area (Å²) < 4.78 is 44.3. The second-order valence-electron chi connectivity index (χ2n) is 8.10. The van der Waals surface area contributed by atoms with Crippen molar-refractivity contribution in [2.45, 2.75) is 63.3 Å². The lowest BCUT2D eigenvalue weighted by molar-refractivity contribution is -0.137. The van der Waals surface area contributed by atoms with Crippen LogP contribution in [-0.2, 0) is 28.7 Å². The number of hydrogen-bond donors (Lipinski definition) is 1. The Morgan fingerprint density at radius 3 is 2.71 bits per heavy atom. The van der Waals surface area contributed by atoms with E-state index in [0.29, 0.717) is 36.3 Å². The molecule has 1 aromatic heterocycles. The average Bonchev–Trinajstić information content (AvgIpc) is 3.15. The van der Waals surface area contributed by atoms with Crippen LogP contribution >= 0.6 is 0 Å². The number of fused-ring (bicyclic) bond motifs is 1. The van der Waals surface area contributed by atoms with Crippen molar-refractivity contribution in [1.82, 2.24) is 15.2 Å². The Morgan fingerprint density at radius 2 is 1.96 bits per heavy atom. The maximum atomic E-state index is 13.0. The normalized spacial score (nSPS) is 26.3. The molecule has 0 spiro atoms. The molecule has 0 unspecified atom stereocenters. The molecule has 3 aliphatic rings. The summed E-state index contributed by atoms with van der Waals surface area (Å²) in [6.45, 7) is 2.32. The predicted molar refractivity (Wildman–Crippen MR) is 96.5 cm³/mol. The summed E-state index contributed by atoms with van der Waals surface area (Å²) in [6.07, 6.45) is 1.61. The first-order valence-corrected chi connectivity index (χ1v) is 10.1. The first kappa shape index (κ1) is 19.6. The lowest BCUT2D eigenvalue weighted by atomic mass is 10.00. The van der Waals surface area contributed by atoms with Gasteiger partial charge < -0.3 is 15.0 Å². The van der Waals surface area contributed by atoms with Crippen LogP contribution in [0.25, 0.3) is 0 Å². The second kappa shape index (κ2) is 7.99. The number of rotatable bonds is 3. The molecular formula is C20H26F3N3O2. The summed E-state index contributed by atoms with van der Waals surface area (Å²) >= 11 is 0. The SMILES string of the molecule is O=C([C@H]1CC[C@@H](NC2CCOCC2)C1)N1CCc2ncc(C(F)(F)F)cc2C1. The monoisotopic (exact) mass is 397 g/mol. The number of hydrogen-bond acceptors (Lipinski definition) is 4. The highest BCUT2D eigenvalue weighted by Gasteiger charge is 2.36. The maximum absolute atomic E-state index is 13.0. The van der Waals surface area contributed by atoms with Gasteiger partial charge >= 0.3 is 6.18 Å². The van der Waals surface area contributed by atoms with E-state index in [4.69, 9.17) is 4.74 Å². The van der Waals surface area contributed by atoms with Crippen molar-refractivity contribution in [3.8, 4) is 0 Å². The van der Waals surface area contributed by atoms with E-state index in [1.54, 1.807) is 4.90 Å². The number of nitrogens with zero attached hydrogens (tertiary/aromatic N) is 2. The molecule has 1 amide bonds. The largest absolute Gasteiger partial charge is 0.417 e. The molecule has 0 bridgehead atoms. The zero-order valence-electron chi connectivity index (χ0n) is 15.8. The van der Waals surface area contributed by atoms with Crippen molar-refractivity contribution in [3.05, 3.63) is 29.1 Å². The van der Waals surface area contributed by atoms with E-state index in [1.807, 2.05) is 0 Å². The number of alkyl halides is 3. The molecular weight excluding hydrogens is 371 g/mol. The highest BCUT2D eigenvalue weighted by atomic mass is 19.4. The second-order valence-corrected chi connectivity index (χ2v) is 8.10. The predicted octanol–water partition coefficient (Wildman–Crippen LogP) is 2.92. The van der Waals surface area contributed by atoms with Crippen molar-refractivity contribution in [2.24, 2.45) is 5.92 Å². The molecule has 0 radical (unpaired) electrons. The fourth-order valence-electron chi connectivity index (χ4n) is 4.58. The molecule has 3 heterocycles. The van der Waals surface area contributed by atoms with Crippen LogP contribution in [0.4, 0.5) is 13.2 Å². The van der Waals surface area contributed by atoms with Gasteiger partial charge in [0.2, 0.25) is 5.91 Å². The Balaban J connectivity index is 1.36. The molecule has 1 saturated carbocycles. The van der Waals surface area contributed by atoms with Gasteiger partial charge in [-0.2, -0.15) is 13.2 Å². The van der Waals surface area contributed by atoms with Gasteiger partial charge in [-0.25, -0.2) is 0 Å². The summed E-state index contributed by atoms with van der Waals surface area (Å²) in [4.78, 5) is 18.7. The third-order valence-electron chi connectivity index (χ3n) is 6.15. The Bertz CT molecular complexity index is 719. The molecule has 2 aliphatic heterocycles. The summed E-state index contributed by atoms with van der Waals surface area (Å²) in [6, 6.07) is 1.94. The van der Waals surface area contributed by atoms with Crippen LogP contribution in [0.2, 0.25) is 0 Å². The van der Waals surface area contributed by atoms with Gasteiger partial charge in [0.15, 0.2) is 0 Å². The van der Waals surface area contributed by atoms with Crippen LogP contribution in [0.5, 0.6) is 0 Å². The standard InChI is InChI=1S/C20H26F3N3O2/c21-20(22,23)15-9-14-12-26(6-3-18(14)24-11-15)19(27)13-1-2-17(10-13)25-16-4-7-28-8-5-16/h9,11,13,16-17,25H,1-8,10,12H2/t13-,17+/m0/s1. The molecule has 5 nitrogen and oxygen atoms in total. The Hall–Kier alpha value is -1.67. The zero-order valence-corrected chi connectivity index (χ0v) is 15.8. The maximum Gasteiger partial charge on any atom is 0.417 e. The molecule has 0 aromatic carbocycles. The number of carbonyl (C=O) groups is 1. The van der Waals surface area contributed by atoms with E-state index in [-0.39, 0.29) is 18.4 Å². The Labute approximate surface area is 162 Å². The summed E-state index contributed by atoms with van der Waals surface area (Å²) in [5, 5.41) is 3.66. The first-order valence-electron chi connectivity index (χ1n) is 10.1. The number of amides is 1. The molecule has 1 N–H and O–H groups in total. The molecule has 28 heavy (non-hydrogen) atoms. The minimum atomic E-state index is -4.41. The summed E-state index contributed by atoms with van der Waals surface area (Å²) in [7, 11) is 0. The number of halogens is 3. The van der Waals surface area contributed by atoms with Gasteiger partial charge in [-0.1, -0.05) is 0 Å². The number of nitrogens with one attached hydrogen (secondary N) is 1. The van der Waals surface area contributed by atoms with Crippen molar-refractivity contribution < 1.29 is 22.7 Å². The van der Waals surface area contributed by atoms with Crippen LogP contribution in [0.15, 0.2) is 12.3 Å². The summed E-state index contributed by atoms with van der Waals surface area (Å²) in [5.41, 5.74) is 0.439. The minimum absolute atomic E-state index is 0.0438. The van der Waals surface area contributed by atoms with E-state index in [2.05, 4.69) is 10.3 Å². The van der Waals surface area contributed by atoms with Gasteiger partial charge in [0, 0.05) is 62.6 Å². The lowest BCUT2D eigenvalue weighted by Crippen LogP contribution is -2.42. The van der Waals surface area contributed by atoms with Gasteiger partial charge in [0.1, 0.15) is 0 Å². The van der Waals surface area contributed by atoms with Crippen LogP contribution in [0, 0.1) is 5.92 Å². The highest BCUT2D eigenvalue weighted by molar-refractivity contribution is 5.79. The van der Waals surface area contributed by atoms with Crippen molar-refractivity contribution in [1.29, 1.82) is 0 Å². The van der Waals surface area contributed by atoms with Gasteiger partial charge in [0.05, 0.1) is 5.56 Å². The van der Waals surface area contributed by atoms with Crippen molar-refractivity contribution in [3.63, 3.8) is 0 Å². The third-order valence-corrected chi connectivity index (χ3v) is 6.15. The van der Waals surface area contributed by atoms with E-state index < -0.39 is 11.7 Å². The summed E-state index contributed by atoms with van der Waals surface area (Å²) in [5.74, 6) is 0.0250. The molecule has 154 valence electrons. The van der Waals surface area contributed by atoms with E-state index >= 15 is 0 Å². The molecule has 1 aliphatic carbocycles. The third kappa shape index (κ3) is 4.33. The lowest BCUT2D eigenvalue weighted by Gasteiger charge is -2.31. The van der Waals surface area contributed by atoms with Gasteiger partial charge in [0.25, 0.3) is 0 Å². The number of carbonyl (C=O) groups excluding carboxylic acids is 1.